The molecule has 46 heavy (non-hydrogen) atoms. The molecule has 0 amide bonds. The minimum Gasteiger partial charge on any atom is -0.493 e. The molecule has 0 aliphatic rings. The molecule has 1 aromatic carbocycles. The van der Waals surface area contributed by atoms with Crippen LogP contribution in [0, 0.1) is 0 Å². The summed E-state index contributed by atoms with van der Waals surface area (Å²) in [6.45, 7) is 5.95. The van der Waals surface area contributed by atoms with Crippen molar-refractivity contribution >= 4 is 0 Å². The largest absolute Gasteiger partial charge is 0.493 e. The van der Waals surface area contributed by atoms with Gasteiger partial charge in [0.25, 0.3) is 0 Å². The van der Waals surface area contributed by atoms with Crippen LogP contribution in [0.2, 0.25) is 0 Å². The molecule has 0 spiro atoms. The Kier molecular flexibility index (Phi) is 30.9. The highest BCUT2D eigenvalue weighted by Gasteiger charge is 2.04. The van der Waals surface area contributed by atoms with Crippen molar-refractivity contribution in [3.05, 3.63) is 72.4 Å². The molecule has 0 fully saturated rings. The normalized spacial score (nSPS) is 12.1. The van der Waals surface area contributed by atoms with Gasteiger partial charge in [0.15, 0.2) is 0 Å². The number of hydrogen-bond donors (Lipinski definition) is 1. The van der Waals surface area contributed by atoms with Crippen LogP contribution in [-0.2, 0) is 6.61 Å². The summed E-state index contributed by atoms with van der Waals surface area (Å²) in [5.41, 5.74) is 0.849. The van der Waals surface area contributed by atoms with Gasteiger partial charge in [-0.25, -0.2) is 0 Å². The van der Waals surface area contributed by atoms with E-state index < -0.39 is 0 Å². The Bertz CT molecular complexity index is 829. The number of hydrogen-bond acceptors (Lipinski definition) is 3. The van der Waals surface area contributed by atoms with Gasteiger partial charge in [0, 0.05) is 6.07 Å². The van der Waals surface area contributed by atoms with Gasteiger partial charge in [-0.15, -0.1) is 0 Å². The molecule has 1 N–H and O–H groups in total. The smallest absolute Gasteiger partial charge is 0.123 e. The van der Waals surface area contributed by atoms with Gasteiger partial charge in [-0.2, -0.15) is 0 Å². The minimum atomic E-state index is 0.00341. The van der Waals surface area contributed by atoms with E-state index in [1.165, 1.54) is 128 Å². The molecular weight excluding hydrogens is 564 g/mol. The van der Waals surface area contributed by atoms with E-state index in [-0.39, 0.29) is 6.61 Å². The number of unbranched alkanes of at least 4 members (excludes halogenated alkanes) is 18. The zero-order valence-corrected chi connectivity index (χ0v) is 30.2. The predicted molar refractivity (Wildman–Crippen MR) is 202 cm³/mol. The highest BCUT2D eigenvalue weighted by atomic mass is 16.5. The summed E-state index contributed by atoms with van der Waals surface area (Å²) in [4.78, 5) is 0. The van der Waals surface area contributed by atoms with Gasteiger partial charge in [-0.3, -0.25) is 0 Å². The Labute approximate surface area is 285 Å². The highest BCUT2D eigenvalue weighted by Crippen LogP contribution is 2.24. The van der Waals surface area contributed by atoms with Gasteiger partial charge in [0.05, 0.1) is 19.8 Å². The molecule has 0 aliphatic carbocycles. The average Bonchev–Trinajstić information content (AvgIpc) is 3.07. The first-order valence-corrected chi connectivity index (χ1v) is 19.4. The standard InChI is InChI=1S/C43H72O3/c1-3-5-7-9-11-13-15-17-19-21-23-25-27-29-31-33-35-45-42-37-41(40-44)38-43(39-42)46-36-34-32-30-28-26-24-22-20-18-16-14-12-10-8-6-4-2/h11-14,17-20,37-39,44H,3-10,15-16,21-36,40H2,1-2H3/b13-11-,14-12-,19-17-,20-18-. The number of ether oxygens (including phenoxy) is 2. The maximum Gasteiger partial charge on any atom is 0.123 e. The number of rotatable bonds is 33. The molecule has 0 atom stereocenters. The van der Waals surface area contributed by atoms with Gasteiger partial charge in [0.2, 0.25) is 0 Å². The minimum absolute atomic E-state index is 0.00341. The molecular formula is C43H72O3. The van der Waals surface area contributed by atoms with Crippen LogP contribution in [0.3, 0.4) is 0 Å². The van der Waals surface area contributed by atoms with E-state index in [0.717, 1.165) is 56.0 Å². The van der Waals surface area contributed by atoms with E-state index in [1.807, 2.05) is 18.2 Å². The maximum absolute atomic E-state index is 9.70. The fourth-order valence-corrected chi connectivity index (χ4v) is 5.45. The zero-order valence-electron chi connectivity index (χ0n) is 30.2. The third-order valence-electron chi connectivity index (χ3n) is 8.35. The molecule has 0 unspecified atom stereocenters. The van der Waals surface area contributed by atoms with Gasteiger partial charge >= 0.3 is 0 Å². The number of benzene rings is 1. The lowest BCUT2D eigenvalue weighted by atomic mass is 10.1. The highest BCUT2D eigenvalue weighted by molar-refractivity contribution is 5.38. The summed E-state index contributed by atoms with van der Waals surface area (Å²) in [6, 6.07) is 5.84. The second kappa shape index (κ2) is 34.1. The van der Waals surface area contributed by atoms with E-state index in [2.05, 4.69) is 62.5 Å². The zero-order chi connectivity index (χ0) is 33.0. The van der Waals surface area contributed by atoms with Crippen LogP contribution in [0.1, 0.15) is 174 Å². The Morgan fingerprint density at radius 1 is 0.435 bits per heavy atom. The molecule has 1 aromatic rings. The van der Waals surface area contributed by atoms with Crippen molar-refractivity contribution < 1.29 is 14.6 Å². The Balaban J connectivity index is 2.02. The molecule has 1 rings (SSSR count). The first kappa shape index (κ1) is 41.8. The molecule has 0 aliphatic heterocycles. The second-order valence-corrected chi connectivity index (χ2v) is 12.8. The van der Waals surface area contributed by atoms with Crippen LogP contribution >= 0.6 is 0 Å². The van der Waals surface area contributed by atoms with Crippen molar-refractivity contribution in [3.8, 4) is 11.5 Å². The van der Waals surface area contributed by atoms with Gasteiger partial charge in [-0.05, 0) is 94.7 Å². The van der Waals surface area contributed by atoms with E-state index in [9.17, 15) is 5.11 Å². The summed E-state index contributed by atoms with van der Waals surface area (Å²) in [6.07, 6.45) is 48.5. The fourth-order valence-electron chi connectivity index (χ4n) is 5.45. The van der Waals surface area contributed by atoms with Crippen molar-refractivity contribution in [2.75, 3.05) is 13.2 Å². The second-order valence-electron chi connectivity index (χ2n) is 12.8. The maximum atomic E-state index is 9.70. The third-order valence-corrected chi connectivity index (χ3v) is 8.35. The van der Waals surface area contributed by atoms with Crippen LogP contribution in [0.5, 0.6) is 11.5 Å². The molecule has 0 saturated carbocycles. The summed E-state index contributed by atoms with van der Waals surface area (Å²) < 4.78 is 12.1. The van der Waals surface area contributed by atoms with Crippen LogP contribution in [0.25, 0.3) is 0 Å². The van der Waals surface area contributed by atoms with E-state index in [4.69, 9.17) is 9.47 Å². The molecule has 0 bridgehead atoms. The fraction of sp³-hybridized carbons (Fsp3) is 0.674. The average molecular weight is 637 g/mol. The summed E-state index contributed by atoms with van der Waals surface area (Å²) in [7, 11) is 0. The summed E-state index contributed by atoms with van der Waals surface area (Å²) >= 11 is 0. The van der Waals surface area contributed by atoms with E-state index in [1.54, 1.807) is 0 Å². The molecule has 3 nitrogen and oxygen atoms in total. The SMILES string of the molecule is CCCCC/C=C\C/C=C\CCCCCCCCOc1cc(CO)cc(OCCCCCCCC/C=C\C/C=C\CCCCC)c1. The Hall–Kier alpha value is -2.26. The van der Waals surface area contributed by atoms with Crippen molar-refractivity contribution in [2.45, 2.75) is 175 Å². The molecule has 0 aromatic heterocycles. The first-order valence-electron chi connectivity index (χ1n) is 19.4. The molecule has 262 valence electrons. The monoisotopic (exact) mass is 637 g/mol. The lowest BCUT2D eigenvalue weighted by Gasteiger charge is -2.12. The predicted octanol–water partition coefficient (Wildman–Crippen LogP) is 13.6. The lowest BCUT2D eigenvalue weighted by Crippen LogP contribution is -2.01. The Morgan fingerprint density at radius 2 is 0.783 bits per heavy atom. The first-order chi connectivity index (χ1) is 22.8. The van der Waals surface area contributed by atoms with Crippen molar-refractivity contribution in [1.82, 2.24) is 0 Å². The Morgan fingerprint density at radius 3 is 1.15 bits per heavy atom. The third kappa shape index (κ3) is 28.0. The molecule has 0 saturated heterocycles. The van der Waals surface area contributed by atoms with Gasteiger partial charge in [0.1, 0.15) is 11.5 Å². The quantitative estimate of drug-likeness (QED) is 0.0616. The van der Waals surface area contributed by atoms with E-state index in [0.29, 0.717) is 0 Å². The summed E-state index contributed by atoms with van der Waals surface area (Å²) in [5.74, 6) is 1.61. The topological polar surface area (TPSA) is 38.7 Å². The number of aliphatic hydroxyl groups is 1. The molecule has 3 heteroatoms. The van der Waals surface area contributed by atoms with Crippen molar-refractivity contribution in [3.63, 3.8) is 0 Å². The van der Waals surface area contributed by atoms with Crippen LogP contribution in [0.4, 0.5) is 0 Å². The molecule has 0 radical (unpaired) electrons. The van der Waals surface area contributed by atoms with Gasteiger partial charge in [-0.1, -0.05) is 140 Å². The van der Waals surface area contributed by atoms with Crippen LogP contribution < -0.4 is 9.47 Å². The number of aliphatic hydroxyl groups excluding tert-OH is 1. The lowest BCUT2D eigenvalue weighted by molar-refractivity contribution is 0.271. The van der Waals surface area contributed by atoms with E-state index >= 15 is 0 Å². The van der Waals surface area contributed by atoms with Crippen molar-refractivity contribution in [2.24, 2.45) is 0 Å². The van der Waals surface area contributed by atoms with Crippen molar-refractivity contribution in [1.29, 1.82) is 0 Å². The van der Waals surface area contributed by atoms with Gasteiger partial charge < -0.3 is 14.6 Å². The number of allylic oxidation sites excluding steroid dienone is 8. The van der Waals surface area contributed by atoms with Crippen LogP contribution in [0.15, 0.2) is 66.8 Å². The molecule has 0 heterocycles. The summed E-state index contributed by atoms with van der Waals surface area (Å²) in [5, 5.41) is 9.70. The van der Waals surface area contributed by atoms with Crippen LogP contribution in [-0.4, -0.2) is 18.3 Å².